The SMILES string of the molecule is c1cc(-c2ccc3sc4c(ccc5sc6ccccc6c54)c3c2)cc(-c2c3ccccc3c(-c3cccc4ccccc34)c3ccccc23)c1. The predicted octanol–water partition coefficient (Wildman–Crippen LogP) is 14.9. The van der Waals surface area contributed by atoms with Gasteiger partial charge in [-0.1, -0.05) is 140 Å². The van der Waals surface area contributed by atoms with Crippen LogP contribution >= 0.6 is 22.7 Å². The van der Waals surface area contributed by atoms with Gasteiger partial charge < -0.3 is 0 Å². The largest absolute Gasteiger partial charge is 0.135 e. The fraction of sp³-hybridized carbons (Fsp3) is 0. The van der Waals surface area contributed by atoms with Gasteiger partial charge in [-0.3, -0.25) is 0 Å². The van der Waals surface area contributed by atoms with Gasteiger partial charge in [0.25, 0.3) is 0 Å². The zero-order valence-electron chi connectivity index (χ0n) is 27.0. The second-order valence-corrected chi connectivity index (χ2v) is 15.3. The molecule has 232 valence electrons. The van der Waals surface area contributed by atoms with Crippen LogP contribution in [0.2, 0.25) is 0 Å². The Hall–Kier alpha value is -5.80. The smallest absolute Gasteiger partial charge is 0.0448 e. The topological polar surface area (TPSA) is 0 Å². The van der Waals surface area contributed by atoms with Gasteiger partial charge in [0.05, 0.1) is 0 Å². The fourth-order valence-corrected chi connectivity index (χ4v) is 10.7. The van der Waals surface area contributed by atoms with Crippen LogP contribution in [0.1, 0.15) is 0 Å². The molecule has 2 heterocycles. The van der Waals surface area contributed by atoms with Gasteiger partial charge in [0.1, 0.15) is 0 Å². The molecule has 0 N–H and O–H groups in total. The summed E-state index contributed by atoms with van der Waals surface area (Å²) in [6, 6.07) is 63.0. The second-order valence-electron chi connectivity index (χ2n) is 13.2. The molecule has 11 rings (SSSR count). The van der Waals surface area contributed by atoms with Crippen molar-refractivity contribution in [3.05, 3.63) is 170 Å². The van der Waals surface area contributed by atoms with E-state index in [1.165, 1.54) is 106 Å². The molecule has 0 aliphatic carbocycles. The highest BCUT2D eigenvalue weighted by atomic mass is 32.1. The molecular formula is C48H28S2. The van der Waals surface area contributed by atoms with Crippen molar-refractivity contribution in [3.63, 3.8) is 0 Å². The van der Waals surface area contributed by atoms with Gasteiger partial charge in [-0.15, -0.1) is 22.7 Å². The summed E-state index contributed by atoms with van der Waals surface area (Å²) in [5.41, 5.74) is 7.58. The van der Waals surface area contributed by atoms with E-state index in [2.05, 4.69) is 170 Å². The molecule has 0 spiro atoms. The van der Waals surface area contributed by atoms with Crippen LogP contribution in [-0.4, -0.2) is 0 Å². The molecule has 0 saturated heterocycles. The van der Waals surface area contributed by atoms with Crippen LogP contribution in [0.5, 0.6) is 0 Å². The highest BCUT2D eigenvalue weighted by Crippen LogP contribution is 2.47. The van der Waals surface area contributed by atoms with E-state index in [0.29, 0.717) is 0 Å². The molecule has 0 aliphatic heterocycles. The van der Waals surface area contributed by atoms with Crippen molar-refractivity contribution in [2.75, 3.05) is 0 Å². The van der Waals surface area contributed by atoms with Gasteiger partial charge in [0.15, 0.2) is 0 Å². The van der Waals surface area contributed by atoms with Crippen LogP contribution < -0.4 is 0 Å². The highest BCUT2D eigenvalue weighted by Gasteiger charge is 2.19. The molecule has 0 nitrogen and oxygen atoms in total. The van der Waals surface area contributed by atoms with E-state index >= 15 is 0 Å². The average molecular weight is 669 g/mol. The summed E-state index contributed by atoms with van der Waals surface area (Å²) in [5, 5.41) is 13.1. The Kier molecular flexibility index (Phi) is 6.09. The van der Waals surface area contributed by atoms with Gasteiger partial charge in [-0.05, 0) is 96.0 Å². The third-order valence-corrected chi connectivity index (χ3v) is 12.8. The highest BCUT2D eigenvalue weighted by molar-refractivity contribution is 7.29. The Morgan fingerprint density at radius 3 is 1.68 bits per heavy atom. The van der Waals surface area contributed by atoms with E-state index in [-0.39, 0.29) is 0 Å². The molecule has 0 radical (unpaired) electrons. The minimum Gasteiger partial charge on any atom is -0.135 e. The molecule has 0 fully saturated rings. The maximum atomic E-state index is 2.41. The maximum Gasteiger partial charge on any atom is 0.0448 e. The van der Waals surface area contributed by atoms with Crippen LogP contribution in [0.15, 0.2) is 170 Å². The summed E-state index contributed by atoms with van der Waals surface area (Å²) >= 11 is 3.82. The summed E-state index contributed by atoms with van der Waals surface area (Å²) in [6.07, 6.45) is 0. The lowest BCUT2D eigenvalue weighted by Crippen LogP contribution is -1.92. The zero-order chi connectivity index (χ0) is 32.8. The van der Waals surface area contributed by atoms with Gasteiger partial charge in [0.2, 0.25) is 0 Å². The van der Waals surface area contributed by atoms with Crippen LogP contribution in [0.3, 0.4) is 0 Å². The first kappa shape index (κ1) is 28.1. The lowest BCUT2D eigenvalue weighted by molar-refractivity contribution is 1.63. The van der Waals surface area contributed by atoms with Crippen LogP contribution in [-0.2, 0) is 0 Å². The number of hydrogen-bond donors (Lipinski definition) is 0. The number of fused-ring (bicyclic) bond motifs is 10. The summed E-state index contributed by atoms with van der Waals surface area (Å²) in [6.45, 7) is 0. The third-order valence-electron chi connectivity index (χ3n) is 10.5. The minimum atomic E-state index is 1.23. The van der Waals surface area contributed by atoms with E-state index in [1.807, 2.05) is 22.7 Å². The van der Waals surface area contributed by atoms with Gasteiger partial charge in [0, 0.05) is 40.3 Å². The second kappa shape index (κ2) is 10.9. The first-order valence-corrected chi connectivity index (χ1v) is 18.7. The predicted molar refractivity (Wildman–Crippen MR) is 221 cm³/mol. The molecule has 11 aromatic rings. The van der Waals surface area contributed by atoms with Crippen molar-refractivity contribution in [1.82, 2.24) is 0 Å². The molecule has 50 heavy (non-hydrogen) atoms. The fourth-order valence-electron chi connectivity index (χ4n) is 8.25. The summed E-state index contributed by atoms with van der Waals surface area (Å²) in [5.74, 6) is 0. The lowest BCUT2D eigenvalue weighted by atomic mass is 9.84. The standard InChI is InChI=1S/C48H28S2/c1-2-15-33-29(11-1)12-10-21-34(33)46-37-18-5-3-16-35(37)45(36-17-4-6-19-38(36)46)32-14-9-13-30(27-32)31-23-25-43-41(28-31)39-24-26-44-47(48(39)50-43)40-20-7-8-22-42(40)49-44/h1-28H. The molecule has 2 aromatic heterocycles. The van der Waals surface area contributed by atoms with Gasteiger partial charge in [-0.25, -0.2) is 0 Å². The van der Waals surface area contributed by atoms with E-state index in [0.717, 1.165) is 0 Å². The Bertz CT molecular complexity index is 3090. The Morgan fingerprint density at radius 2 is 0.880 bits per heavy atom. The quantitative estimate of drug-likeness (QED) is 0.164. The van der Waals surface area contributed by atoms with Crippen LogP contribution in [0.25, 0.3) is 106 Å². The minimum absolute atomic E-state index is 1.23. The Labute approximate surface area is 297 Å². The number of benzene rings is 9. The maximum absolute atomic E-state index is 2.41. The van der Waals surface area contributed by atoms with Crippen molar-refractivity contribution >= 4 is 95.3 Å². The molecule has 0 atom stereocenters. The van der Waals surface area contributed by atoms with Crippen molar-refractivity contribution in [2.45, 2.75) is 0 Å². The molecule has 0 unspecified atom stereocenters. The molecule has 0 aliphatic rings. The van der Waals surface area contributed by atoms with E-state index in [4.69, 9.17) is 0 Å². The zero-order valence-corrected chi connectivity index (χ0v) is 28.6. The van der Waals surface area contributed by atoms with E-state index in [1.54, 1.807) is 0 Å². The number of thiophene rings is 2. The monoisotopic (exact) mass is 668 g/mol. The molecule has 0 saturated carbocycles. The van der Waals surface area contributed by atoms with Gasteiger partial charge >= 0.3 is 0 Å². The molecular weight excluding hydrogens is 641 g/mol. The van der Waals surface area contributed by atoms with E-state index in [9.17, 15) is 0 Å². The van der Waals surface area contributed by atoms with Crippen LogP contribution in [0, 0.1) is 0 Å². The average Bonchev–Trinajstić information content (AvgIpc) is 3.75. The number of rotatable bonds is 3. The molecule has 0 amide bonds. The first-order chi connectivity index (χ1) is 24.8. The summed E-state index contributed by atoms with van der Waals surface area (Å²) < 4.78 is 5.45. The first-order valence-electron chi connectivity index (χ1n) is 17.1. The van der Waals surface area contributed by atoms with Crippen molar-refractivity contribution < 1.29 is 0 Å². The Morgan fingerprint density at radius 1 is 0.300 bits per heavy atom. The lowest BCUT2D eigenvalue weighted by Gasteiger charge is -2.19. The molecule has 2 heteroatoms. The van der Waals surface area contributed by atoms with Crippen molar-refractivity contribution in [1.29, 1.82) is 0 Å². The normalized spacial score (nSPS) is 12.0. The third kappa shape index (κ3) is 4.10. The van der Waals surface area contributed by atoms with Gasteiger partial charge in [-0.2, -0.15) is 0 Å². The van der Waals surface area contributed by atoms with E-state index < -0.39 is 0 Å². The summed E-state index contributed by atoms with van der Waals surface area (Å²) in [4.78, 5) is 0. The van der Waals surface area contributed by atoms with Crippen molar-refractivity contribution in [2.24, 2.45) is 0 Å². The molecule has 9 aromatic carbocycles. The Balaban J connectivity index is 1.12. The van der Waals surface area contributed by atoms with Crippen LogP contribution in [0.4, 0.5) is 0 Å². The number of hydrogen-bond acceptors (Lipinski definition) is 2. The van der Waals surface area contributed by atoms with Crippen molar-refractivity contribution in [3.8, 4) is 33.4 Å². The molecule has 0 bridgehead atoms. The summed E-state index contributed by atoms with van der Waals surface area (Å²) in [7, 11) is 0.